The van der Waals surface area contributed by atoms with Crippen molar-refractivity contribution in [2.75, 3.05) is 6.54 Å². The molecule has 2 rings (SSSR count). The van der Waals surface area contributed by atoms with Crippen molar-refractivity contribution in [3.63, 3.8) is 0 Å². The van der Waals surface area contributed by atoms with Gasteiger partial charge in [0.25, 0.3) is 0 Å². The molecule has 0 heterocycles. The minimum absolute atomic E-state index is 0.153. The van der Waals surface area contributed by atoms with Crippen molar-refractivity contribution in [1.29, 1.82) is 0 Å². The maximum atomic E-state index is 11.8. The first-order chi connectivity index (χ1) is 9.91. The molecule has 0 amide bonds. The van der Waals surface area contributed by atoms with Gasteiger partial charge in [-0.25, -0.2) is 0 Å². The molecule has 0 aromatic heterocycles. The third-order valence-corrected chi connectivity index (χ3v) is 5.03. The van der Waals surface area contributed by atoms with Crippen LogP contribution in [0.25, 0.3) is 0 Å². The molecule has 0 atom stereocenters. The lowest BCUT2D eigenvalue weighted by molar-refractivity contribution is 0.0985. The van der Waals surface area contributed by atoms with E-state index in [2.05, 4.69) is 32.9 Å². The van der Waals surface area contributed by atoms with E-state index in [-0.39, 0.29) is 5.78 Å². The van der Waals surface area contributed by atoms with Crippen molar-refractivity contribution in [2.45, 2.75) is 58.8 Å². The highest BCUT2D eigenvalue weighted by Crippen LogP contribution is 2.43. The van der Waals surface area contributed by atoms with Crippen molar-refractivity contribution in [3.05, 3.63) is 35.4 Å². The maximum Gasteiger partial charge on any atom is 0.164 e. The Morgan fingerprint density at radius 2 is 1.67 bits per heavy atom. The first kappa shape index (κ1) is 16.2. The van der Waals surface area contributed by atoms with E-state index in [9.17, 15) is 4.79 Å². The van der Waals surface area contributed by atoms with Crippen molar-refractivity contribution >= 4 is 5.78 Å². The highest BCUT2D eigenvalue weighted by molar-refractivity contribution is 5.96. The zero-order chi connectivity index (χ0) is 15.5. The van der Waals surface area contributed by atoms with Crippen LogP contribution in [0, 0.1) is 11.3 Å². The lowest BCUT2D eigenvalue weighted by Gasteiger charge is -2.37. The fourth-order valence-corrected chi connectivity index (χ4v) is 3.51. The molecule has 1 fully saturated rings. The Hall–Kier alpha value is -1.15. The largest absolute Gasteiger partial charge is 0.330 e. The van der Waals surface area contributed by atoms with E-state index in [1.54, 1.807) is 0 Å². The molecule has 0 radical (unpaired) electrons. The van der Waals surface area contributed by atoms with Gasteiger partial charge >= 0.3 is 0 Å². The number of Topliss-reactive ketones (excluding diaryl/α,β-unsaturated/α-hetero) is 1. The molecule has 0 bridgehead atoms. The number of ketones is 1. The summed E-state index contributed by atoms with van der Waals surface area (Å²) in [6.07, 6.45) is 5.64. The first-order valence-corrected chi connectivity index (χ1v) is 8.25. The van der Waals surface area contributed by atoms with Crippen molar-refractivity contribution in [3.8, 4) is 0 Å². The molecule has 1 saturated carbocycles. The predicted octanol–water partition coefficient (Wildman–Crippen LogP) is 4.54. The minimum Gasteiger partial charge on any atom is -0.330 e. The molecule has 1 aromatic carbocycles. The minimum atomic E-state index is 0.153. The summed E-state index contributed by atoms with van der Waals surface area (Å²) in [6, 6.07) is 8.24. The van der Waals surface area contributed by atoms with Crippen molar-refractivity contribution in [2.24, 2.45) is 17.1 Å². The van der Waals surface area contributed by atoms with Gasteiger partial charge in [0, 0.05) is 12.0 Å². The Kier molecular flexibility index (Phi) is 5.21. The monoisotopic (exact) mass is 287 g/mol. The lowest BCUT2D eigenvalue weighted by atomic mass is 9.68. The van der Waals surface area contributed by atoms with Gasteiger partial charge in [-0.1, -0.05) is 45.0 Å². The Labute approximate surface area is 129 Å². The summed E-state index contributed by atoms with van der Waals surface area (Å²) in [6.45, 7) is 7.50. The van der Waals surface area contributed by atoms with Gasteiger partial charge in [0.05, 0.1) is 0 Å². The van der Waals surface area contributed by atoms with Gasteiger partial charge in [-0.2, -0.15) is 0 Å². The van der Waals surface area contributed by atoms with Crippen LogP contribution in [0.2, 0.25) is 0 Å². The van der Waals surface area contributed by atoms with Crippen LogP contribution >= 0.6 is 0 Å². The average Bonchev–Trinajstić information content (AvgIpc) is 2.47. The number of rotatable bonds is 4. The lowest BCUT2D eigenvalue weighted by Crippen LogP contribution is -2.25. The van der Waals surface area contributed by atoms with Crippen LogP contribution in [-0.2, 0) is 0 Å². The molecule has 0 unspecified atom stereocenters. The molecule has 1 aliphatic rings. The summed E-state index contributed by atoms with van der Waals surface area (Å²) in [4.78, 5) is 11.8. The van der Waals surface area contributed by atoms with Crippen molar-refractivity contribution in [1.82, 2.24) is 0 Å². The molecule has 21 heavy (non-hydrogen) atoms. The molecule has 1 aliphatic carbocycles. The second kappa shape index (κ2) is 6.74. The summed E-state index contributed by atoms with van der Waals surface area (Å²) in [5.41, 5.74) is 8.07. The number of carbonyl (C=O) groups excluding carboxylic acids is 1. The topological polar surface area (TPSA) is 43.1 Å². The standard InChI is InChI=1S/C19H29NO/c1-19(2,3)17-10-8-15(9-11-17)14-4-6-16(7-5-14)18(21)12-13-20/h4-7,15,17H,8-13,20H2,1-3H3. The second-order valence-electron chi connectivity index (χ2n) is 7.50. The zero-order valence-electron chi connectivity index (χ0n) is 13.7. The van der Waals surface area contributed by atoms with E-state index in [1.807, 2.05) is 12.1 Å². The SMILES string of the molecule is CC(C)(C)C1CCC(c2ccc(C(=O)CCN)cc2)CC1. The number of nitrogens with two attached hydrogens (primary N) is 1. The zero-order valence-corrected chi connectivity index (χ0v) is 13.7. The normalized spacial score (nSPS) is 23.0. The van der Waals surface area contributed by atoms with Crippen molar-refractivity contribution < 1.29 is 4.79 Å². The van der Waals surface area contributed by atoms with E-state index in [0.717, 1.165) is 11.5 Å². The molecular weight excluding hydrogens is 258 g/mol. The Morgan fingerprint density at radius 1 is 1.10 bits per heavy atom. The van der Waals surface area contributed by atoms with Crippen LogP contribution in [0.5, 0.6) is 0 Å². The van der Waals surface area contributed by atoms with Gasteiger partial charge in [0.1, 0.15) is 0 Å². The molecule has 116 valence electrons. The number of hydrogen-bond acceptors (Lipinski definition) is 2. The van der Waals surface area contributed by atoms with E-state index in [0.29, 0.717) is 24.3 Å². The highest BCUT2D eigenvalue weighted by atomic mass is 16.1. The van der Waals surface area contributed by atoms with Gasteiger partial charge in [-0.3, -0.25) is 4.79 Å². The number of carbonyl (C=O) groups is 1. The Bertz CT molecular complexity index is 461. The van der Waals surface area contributed by atoms with Crippen LogP contribution in [0.3, 0.4) is 0 Å². The van der Waals surface area contributed by atoms with Crippen LogP contribution in [0.4, 0.5) is 0 Å². The third-order valence-electron chi connectivity index (χ3n) is 5.03. The van der Waals surface area contributed by atoms with Gasteiger partial charge < -0.3 is 5.73 Å². The molecule has 2 heteroatoms. The maximum absolute atomic E-state index is 11.8. The molecule has 1 aromatic rings. The number of hydrogen-bond donors (Lipinski definition) is 1. The van der Waals surface area contributed by atoms with Crippen LogP contribution < -0.4 is 5.73 Å². The smallest absolute Gasteiger partial charge is 0.164 e. The fourth-order valence-electron chi connectivity index (χ4n) is 3.51. The molecule has 0 saturated heterocycles. The third kappa shape index (κ3) is 4.16. The Morgan fingerprint density at radius 3 is 2.14 bits per heavy atom. The molecule has 2 nitrogen and oxygen atoms in total. The van der Waals surface area contributed by atoms with Gasteiger partial charge in [-0.15, -0.1) is 0 Å². The van der Waals surface area contributed by atoms with Gasteiger partial charge in [0.15, 0.2) is 5.78 Å². The summed E-state index contributed by atoms with van der Waals surface area (Å²) >= 11 is 0. The summed E-state index contributed by atoms with van der Waals surface area (Å²) in [5.74, 6) is 1.67. The highest BCUT2D eigenvalue weighted by Gasteiger charge is 2.30. The van der Waals surface area contributed by atoms with Gasteiger partial charge in [-0.05, 0) is 55.0 Å². The van der Waals surface area contributed by atoms with Crippen LogP contribution in [0.15, 0.2) is 24.3 Å². The predicted molar refractivity (Wildman–Crippen MR) is 88.6 cm³/mol. The molecule has 2 N–H and O–H groups in total. The average molecular weight is 287 g/mol. The summed E-state index contributed by atoms with van der Waals surface area (Å²) in [7, 11) is 0. The summed E-state index contributed by atoms with van der Waals surface area (Å²) < 4.78 is 0. The Balaban J connectivity index is 1.96. The quantitative estimate of drug-likeness (QED) is 0.826. The second-order valence-corrected chi connectivity index (χ2v) is 7.50. The molecule has 0 aliphatic heterocycles. The first-order valence-electron chi connectivity index (χ1n) is 8.25. The van der Waals surface area contributed by atoms with E-state index >= 15 is 0 Å². The van der Waals surface area contributed by atoms with E-state index in [1.165, 1.54) is 31.2 Å². The van der Waals surface area contributed by atoms with Gasteiger partial charge in [0.2, 0.25) is 0 Å². The molecular formula is C19H29NO. The molecule has 0 spiro atoms. The number of benzene rings is 1. The van der Waals surface area contributed by atoms with E-state index < -0.39 is 0 Å². The van der Waals surface area contributed by atoms with Crippen LogP contribution in [-0.4, -0.2) is 12.3 Å². The summed E-state index contributed by atoms with van der Waals surface area (Å²) in [5, 5.41) is 0. The van der Waals surface area contributed by atoms with E-state index in [4.69, 9.17) is 5.73 Å². The van der Waals surface area contributed by atoms with Crippen LogP contribution in [0.1, 0.15) is 74.7 Å². The fraction of sp³-hybridized carbons (Fsp3) is 0.632.